The number of likely N-dealkylation sites (tertiary alicyclic amines) is 1. The van der Waals surface area contributed by atoms with Gasteiger partial charge in [0, 0.05) is 30.8 Å². The molecule has 1 fully saturated rings. The zero-order chi connectivity index (χ0) is 18.0. The molecule has 3 rings (SSSR count). The van der Waals surface area contributed by atoms with Gasteiger partial charge in [-0.25, -0.2) is 0 Å². The molecule has 1 atom stereocenters. The number of benzene rings is 1. The lowest BCUT2D eigenvalue weighted by molar-refractivity contribution is -0.134. The normalized spacial score (nSPS) is 17.5. The second-order valence-corrected chi connectivity index (χ2v) is 7.13. The largest absolute Gasteiger partial charge is 0.352 e. The van der Waals surface area contributed by atoms with Crippen molar-refractivity contribution < 1.29 is 9.59 Å². The van der Waals surface area contributed by atoms with Crippen molar-refractivity contribution in [1.29, 1.82) is 0 Å². The molecule has 8 heteroatoms. The summed E-state index contributed by atoms with van der Waals surface area (Å²) in [5, 5.41) is 3.26. The van der Waals surface area contributed by atoms with Gasteiger partial charge in [-0.3, -0.25) is 23.7 Å². The Bertz CT molecular complexity index is 933. The molecule has 2 amide bonds. The van der Waals surface area contributed by atoms with Crippen molar-refractivity contribution >= 4 is 33.2 Å². The minimum absolute atomic E-state index is 0.0851. The fourth-order valence-corrected chi connectivity index (χ4v) is 3.95. The summed E-state index contributed by atoms with van der Waals surface area (Å²) in [6.07, 6.45) is 1.59. The second-order valence-electron chi connectivity index (χ2n) is 6.13. The van der Waals surface area contributed by atoms with Crippen LogP contribution in [0.2, 0.25) is 0 Å². The molecule has 1 aliphatic rings. The number of nitrogens with one attached hydrogen (secondary N) is 1. The van der Waals surface area contributed by atoms with Crippen molar-refractivity contribution in [3.63, 3.8) is 0 Å². The molecule has 2 heterocycles. The van der Waals surface area contributed by atoms with Gasteiger partial charge in [-0.05, 0) is 25.0 Å². The van der Waals surface area contributed by atoms with Crippen molar-refractivity contribution in [3.05, 3.63) is 44.3 Å². The van der Waals surface area contributed by atoms with Crippen LogP contribution in [0.3, 0.4) is 0 Å². The third kappa shape index (κ3) is 3.79. The van der Waals surface area contributed by atoms with Crippen LogP contribution in [0.25, 0.3) is 10.1 Å². The van der Waals surface area contributed by atoms with E-state index in [9.17, 15) is 19.2 Å². The highest BCUT2D eigenvalue weighted by molar-refractivity contribution is 7.16. The Morgan fingerprint density at radius 3 is 2.80 bits per heavy atom. The average Bonchev–Trinajstić information content (AvgIpc) is 2.58. The van der Waals surface area contributed by atoms with Gasteiger partial charge in [0.1, 0.15) is 6.54 Å². The summed E-state index contributed by atoms with van der Waals surface area (Å²) in [6.45, 7) is 2.14. The van der Waals surface area contributed by atoms with Crippen molar-refractivity contribution in [2.75, 3.05) is 13.1 Å². The predicted molar refractivity (Wildman–Crippen MR) is 95.8 cm³/mol. The Balaban J connectivity index is 1.81. The van der Waals surface area contributed by atoms with Gasteiger partial charge in [0.05, 0.1) is 5.39 Å². The van der Waals surface area contributed by atoms with E-state index in [0.717, 1.165) is 28.7 Å². The number of nitrogens with zero attached hydrogens (tertiary/aromatic N) is 2. The van der Waals surface area contributed by atoms with Gasteiger partial charge in [-0.15, -0.1) is 0 Å². The minimum Gasteiger partial charge on any atom is -0.352 e. The molecule has 132 valence electrons. The lowest BCUT2D eigenvalue weighted by Crippen LogP contribution is -2.50. The van der Waals surface area contributed by atoms with E-state index in [1.54, 1.807) is 29.2 Å². The predicted octanol–water partition coefficient (Wildman–Crippen LogP) is 0.550. The maximum atomic E-state index is 12.6. The molecule has 1 aromatic carbocycles. The number of carbonyl (C=O) groups excluding carboxylic acids is 2. The number of hydrogen-bond acceptors (Lipinski definition) is 5. The van der Waals surface area contributed by atoms with Crippen LogP contribution in [0, 0.1) is 0 Å². The molecular formula is C17H19N3O4S. The molecule has 1 N–H and O–H groups in total. The molecule has 1 aromatic heterocycles. The molecule has 0 aliphatic carbocycles. The summed E-state index contributed by atoms with van der Waals surface area (Å²) in [5.74, 6) is -0.412. The Morgan fingerprint density at radius 1 is 1.28 bits per heavy atom. The van der Waals surface area contributed by atoms with Gasteiger partial charge in [-0.1, -0.05) is 23.5 Å². The number of rotatable bonds is 3. The first-order valence-electron chi connectivity index (χ1n) is 8.13. The fraction of sp³-hybridized carbons (Fsp3) is 0.412. The van der Waals surface area contributed by atoms with E-state index in [-0.39, 0.29) is 24.4 Å². The van der Waals surface area contributed by atoms with Crippen LogP contribution in [-0.2, 0) is 16.1 Å². The molecule has 0 spiro atoms. The highest BCUT2D eigenvalue weighted by atomic mass is 32.1. The first-order chi connectivity index (χ1) is 12.0. The smallest absolute Gasteiger partial charge is 0.311 e. The Labute approximate surface area is 147 Å². The van der Waals surface area contributed by atoms with E-state index in [1.807, 2.05) is 0 Å². The summed E-state index contributed by atoms with van der Waals surface area (Å²) < 4.78 is 1.61. The Kier molecular flexibility index (Phi) is 4.98. The molecule has 1 aliphatic heterocycles. The number of fused-ring (bicyclic) bond motifs is 1. The lowest BCUT2D eigenvalue weighted by atomic mass is 10.1. The summed E-state index contributed by atoms with van der Waals surface area (Å²) in [6, 6.07) is 6.79. The number of carbonyl (C=O) groups is 2. The van der Waals surface area contributed by atoms with Crippen LogP contribution in [0.4, 0.5) is 0 Å². The van der Waals surface area contributed by atoms with E-state index in [0.29, 0.717) is 23.2 Å². The monoisotopic (exact) mass is 361 g/mol. The molecule has 1 unspecified atom stereocenters. The van der Waals surface area contributed by atoms with E-state index in [2.05, 4.69) is 5.32 Å². The Morgan fingerprint density at radius 2 is 2.04 bits per heavy atom. The quantitative estimate of drug-likeness (QED) is 0.865. The van der Waals surface area contributed by atoms with Crippen LogP contribution >= 0.6 is 11.3 Å². The van der Waals surface area contributed by atoms with Crippen LogP contribution < -0.4 is 15.7 Å². The summed E-state index contributed by atoms with van der Waals surface area (Å²) in [7, 11) is 0. The molecule has 7 nitrogen and oxygen atoms in total. The fourth-order valence-electron chi connectivity index (χ4n) is 3.09. The van der Waals surface area contributed by atoms with Gasteiger partial charge in [-0.2, -0.15) is 0 Å². The molecule has 25 heavy (non-hydrogen) atoms. The van der Waals surface area contributed by atoms with E-state index < -0.39 is 10.4 Å². The highest BCUT2D eigenvalue weighted by Crippen LogP contribution is 2.12. The maximum absolute atomic E-state index is 12.6. The van der Waals surface area contributed by atoms with E-state index in [4.69, 9.17) is 0 Å². The average molecular weight is 361 g/mol. The highest BCUT2D eigenvalue weighted by Gasteiger charge is 2.25. The third-order valence-corrected chi connectivity index (χ3v) is 5.23. The molecule has 0 radical (unpaired) electrons. The summed E-state index contributed by atoms with van der Waals surface area (Å²) in [5.41, 5.74) is -0.442. The third-order valence-electron chi connectivity index (χ3n) is 4.26. The molecule has 2 aromatic rings. The van der Waals surface area contributed by atoms with Crippen LogP contribution in [0.1, 0.15) is 19.8 Å². The van der Waals surface area contributed by atoms with E-state index >= 15 is 0 Å². The summed E-state index contributed by atoms with van der Waals surface area (Å²) >= 11 is 0.960. The van der Waals surface area contributed by atoms with Crippen molar-refractivity contribution in [3.8, 4) is 0 Å². The minimum atomic E-state index is -0.442. The van der Waals surface area contributed by atoms with Crippen LogP contribution in [0.15, 0.2) is 33.9 Å². The summed E-state index contributed by atoms with van der Waals surface area (Å²) in [4.78, 5) is 49.7. The zero-order valence-electron chi connectivity index (χ0n) is 13.9. The zero-order valence-corrected chi connectivity index (χ0v) is 14.7. The molecule has 0 saturated carbocycles. The first kappa shape index (κ1) is 17.3. The van der Waals surface area contributed by atoms with Gasteiger partial charge < -0.3 is 10.2 Å². The maximum Gasteiger partial charge on any atom is 0.311 e. The van der Waals surface area contributed by atoms with Gasteiger partial charge in [0.2, 0.25) is 11.8 Å². The number of aromatic nitrogens is 1. The lowest BCUT2D eigenvalue weighted by Gasteiger charge is -2.33. The standard InChI is InChI=1S/C17H19N3O4S/c1-11(21)18-12-5-4-8-19(9-12)15(22)10-20-16(23)13-6-2-3-7-14(13)25-17(20)24/h2-3,6-7,12H,4-5,8-10H2,1H3,(H,18,21). The first-order valence-corrected chi connectivity index (χ1v) is 8.95. The van der Waals surface area contributed by atoms with Crippen molar-refractivity contribution in [2.45, 2.75) is 32.4 Å². The number of piperidine rings is 1. The van der Waals surface area contributed by atoms with Gasteiger partial charge in [0.15, 0.2) is 0 Å². The molecular weight excluding hydrogens is 342 g/mol. The molecule has 0 bridgehead atoms. The van der Waals surface area contributed by atoms with Crippen LogP contribution in [0.5, 0.6) is 0 Å². The topological polar surface area (TPSA) is 88.5 Å². The van der Waals surface area contributed by atoms with Gasteiger partial charge >= 0.3 is 4.87 Å². The van der Waals surface area contributed by atoms with Crippen molar-refractivity contribution in [2.24, 2.45) is 0 Å². The van der Waals surface area contributed by atoms with Crippen LogP contribution in [-0.4, -0.2) is 40.4 Å². The Hall–Kier alpha value is -2.48. The number of hydrogen-bond donors (Lipinski definition) is 1. The number of amides is 2. The van der Waals surface area contributed by atoms with E-state index in [1.165, 1.54) is 6.92 Å². The molecule has 1 saturated heterocycles. The second kappa shape index (κ2) is 7.18. The SMILES string of the molecule is CC(=O)NC1CCCN(C(=O)Cn2c(=O)sc3ccccc3c2=O)C1. The van der Waals surface area contributed by atoms with Crippen molar-refractivity contribution in [1.82, 2.24) is 14.8 Å². The van der Waals surface area contributed by atoms with Gasteiger partial charge in [0.25, 0.3) is 5.56 Å².